The maximum Gasteiger partial charge on any atom is 0.303 e. The molecule has 1 aromatic heterocycles. The molecule has 0 amide bonds. The van der Waals surface area contributed by atoms with Gasteiger partial charge in [-0.2, -0.15) is 0 Å². The van der Waals surface area contributed by atoms with E-state index in [2.05, 4.69) is 9.88 Å². The van der Waals surface area contributed by atoms with Gasteiger partial charge in [-0.3, -0.25) is 9.78 Å². The number of carboxylic acids is 1. The van der Waals surface area contributed by atoms with Crippen molar-refractivity contribution in [2.75, 3.05) is 32.5 Å². The lowest BCUT2D eigenvalue weighted by molar-refractivity contribution is -0.141. The number of ether oxygens (including phenoxy) is 1. The molecule has 1 saturated heterocycles. The monoisotopic (exact) mass is 580 g/mol. The Kier molecular flexibility index (Phi) is 9.91. The van der Waals surface area contributed by atoms with E-state index in [0.717, 1.165) is 11.8 Å². The number of piperidine rings is 1. The molecule has 11 heteroatoms. The third-order valence-electron chi connectivity index (χ3n) is 7.68. The van der Waals surface area contributed by atoms with E-state index in [-0.39, 0.29) is 23.3 Å². The van der Waals surface area contributed by atoms with Crippen molar-refractivity contribution in [3.05, 3.63) is 65.1 Å². The van der Waals surface area contributed by atoms with Gasteiger partial charge in [-0.05, 0) is 68.0 Å². The summed E-state index contributed by atoms with van der Waals surface area (Å²) in [6.07, 6.45) is 2.14. The summed E-state index contributed by atoms with van der Waals surface area (Å²) in [5.74, 6) is -2.82. The third kappa shape index (κ3) is 7.05. The molecule has 0 spiro atoms. The molecule has 2 aromatic carbocycles. The van der Waals surface area contributed by atoms with Crippen molar-refractivity contribution >= 4 is 28.6 Å². The SMILES string of the molecule is COc1ccc2ncc(CF)c([C@H](O)CCC3(CC(=O)O)CCN(CCSc4c(F)cc(F)cc4F)CC3)c2c1. The summed E-state index contributed by atoms with van der Waals surface area (Å²) in [7, 11) is 1.52. The first-order valence-corrected chi connectivity index (χ1v) is 14.0. The lowest BCUT2D eigenvalue weighted by Crippen LogP contribution is -2.42. The second-order valence-electron chi connectivity index (χ2n) is 10.2. The number of pyridine rings is 1. The molecule has 0 unspecified atom stereocenters. The van der Waals surface area contributed by atoms with Crippen LogP contribution in [-0.4, -0.2) is 58.6 Å². The first-order valence-electron chi connectivity index (χ1n) is 13.1. The number of carboxylic acid groups (broad SMARTS) is 1. The van der Waals surface area contributed by atoms with E-state index in [1.54, 1.807) is 18.2 Å². The molecule has 4 rings (SSSR count). The van der Waals surface area contributed by atoms with Crippen LogP contribution in [0.1, 0.15) is 49.3 Å². The maximum absolute atomic E-state index is 13.9. The van der Waals surface area contributed by atoms with Crippen LogP contribution in [0.4, 0.5) is 17.6 Å². The van der Waals surface area contributed by atoms with Crippen molar-refractivity contribution in [3.8, 4) is 5.75 Å². The molecule has 2 heterocycles. The standard InChI is InChI=1S/C29H32F4N2O4S/c1-39-20-2-3-24-21(14-20)27(18(16-30)17-34-24)25(36)4-5-29(15-26(37)38)6-8-35(9-7-29)10-11-40-28-22(32)12-19(31)13-23(28)33/h2-3,12-14,17,25,36H,4-11,15-16H2,1H3,(H,37,38)/t25-/m1/s1. The lowest BCUT2D eigenvalue weighted by atomic mass is 9.71. The van der Waals surface area contributed by atoms with Crippen LogP contribution in [0.3, 0.4) is 0 Å². The number of fused-ring (bicyclic) bond motifs is 1. The van der Waals surface area contributed by atoms with E-state index in [0.29, 0.717) is 79.0 Å². The molecule has 1 aliphatic heterocycles. The number of alkyl halides is 1. The first-order chi connectivity index (χ1) is 19.1. The number of hydrogen-bond donors (Lipinski definition) is 2. The van der Waals surface area contributed by atoms with Crippen LogP contribution < -0.4 is 4.74 Å². The fraction of sp³-hybridized carbons (Fsp3) is 0.448. The largest absolute Gasteiger partial charge is 0.497 e. The molecule has 0 aliphatic carbocycles. The molecule has 3 aromatic rings. The summed E-state index contributed by atoms with van der Waals surface area (Å²) in [5.41, 5.74) is 0.759. The average molecular weight is 581 g/mol. The van der Waals surface area contributed by atoms with Crippen LogP contribution in [0.2, 0.25) is 0 Å². The molecular weight excluding hydrogens is 548 g/mol. The zero-order valence-corrected chi connectivity index (χ0v) is 23.0. The van der Waals surface area contributed by atoms with Crippen LogP contribution in [0.5, 0.6) is 5.75 Å². The van der Waals surface area contributed by atoms with Crippen LogP contribution in [0.15, 0.2) is 41.4 Å². The highest BCUT2D eigenvalue weighted by Crippen LogP contribution is 2.42. The number of likely N-dealkylation sites (tertiary alicyclic amines) is 1. The van der Waals surface area contributed by atoms with Gasteiger partial charge >= 0.3 is 5.97 Å². The molecule has 0 bridgehead atoms. The summed E-state index contributed by atoms with van der Waals surface area (Å²) in [4.78, 5) is 18.0. The number of thioether (sulfide) groups is 1. The summed E-state index contributed by atoms with van der Waals surface area (Å²) in [6.45, 7) is 0.899. The summed E-state index contributed by atoms with van der Waals surface area (Å²) >= 11 is 0.975. The van der Waals surface area contributed by atoms with E-state index in [1.807, 2.05) is 0 Å². The van der Waals surface area contributed by atoms with Gasteiger partial charge in [-0.15, -0.1) is 11.8 Å². The predicted octanol–water partition coefficient (Wildman–Crippen LogP) is 6.29. The van der Waals surface area contributed by atoms with E-state index in [4.69, 9.17) is 4.74 Å². The van der Waals surface area contributed by atoms with E-state index in [9.17, 15) is 32.6 Å². The number of carbonyl (C=O) groups is 1. The van der Waals surface area contributed by atoms with Gasteiger partial charge in [0.25, 0.3) is 0 Å². The minimum absolute atomic E-state index is 0.0603. The Balaban J connectivity index is 1.41. The summed E-state index contributed by atoms with van der Waals surface area (Å²) in [5, 5.41) is 21.5. The number of aliphatic hydroxyl groups is 1. The van der Waals surface area contributed by atoms with Crippen molar-refractivity contribution < 1.29 is 37.3 Å². The van der Waals surface area contributed by atoms with Gasteiger partial charge in [0.1, 0.15) is 29.9 Å². The normalized spacial score (nSPS) is 16.2. The molecule has 216 valence electrons. The van der Waals surface area contributed by atoms with Crippen LogP contribution in [0.25, 0.3) is 10.9 Å². The molecule has 0 radical (unpaired) electrons. The molecule has 1 aliphatic rings. The zero-order valence-electron chi connectivity index (χ0n) is 22.1. The molecule has 6 nitrogen and oxygen atoms in total. The Morgan fingerprint density at radius 3 is 2.50 bits per heavy atom. The summed E-state index contributed by atoms with van der Waals surface area (Å²) in [6, 6.07) is 6.51. The van der Waals surface area contributed by atoms with Crippen molar-refractivity contribution in [2.24, 2.45) is 5.41 Å². The smallest absolute Gasteiger partial charge is 0.303 e. The van der Waals surface area contributed by atoms with Gasteiger partial charge in [0.2, 0.25) is 0 Å². The number of nitrogens with zero attached hydrogens (tertiary/aromatic N) is 2. The number of rotatable bonds is 12. The van der Waals surface area contributed by atoms with Gasteiger partial charge in [0, 0.05) is 41.6 Å². The number of aromatic nitrogens is 1. The Morgan fingerprint density at radius 2 is 1.88 bits per heavy atom. The Labute approximate surface area is 234 Å². The maximum atomic E-state index is 13.9. The number of halogens is 4. The van der Waals surface area contributed by atoms with Crippen molar-refractivity contribution in [1.29, 1.82) is 0 Å². The molecule has 40 heavy (non-hydrogen) atoms. The number of hydrogen-bond acceptors (Lipinski definition) is 6. The second-order valence-corrected chi connectivity index (χ2v) is 11.3. The number of aliphatic carboxylic acids is 1. The van der Waals surface area contributed by atoms with Gasteiger partial charge in [0.05, 0.1) is 30.0 Å². The van der Waals surface area contributed by atoms with Crippen molar-refractivity contribution in [3.63, 3.8) is 0 Å². The highest BCUT2D eigenvalue weighted by molar-refractivity contribution is 7.99. The molecular formula is C29H32F4N2O4S. The first kappa shape index (κ1) is 30.1. The Morgan fingerprint density at radius 1 is 1.18 bits per heavy atom. The minimum atomic E-state index is -1.02. The predicted molar refractivity (Wildman–Crippen MR) is 145 cm³/mol. The zero-order chi connectivity index (χ0) is 28.9. The van der Waals surface area contributed by atoms with Gasteiger partial charge in [-0.25, -0.2) is 17.6 Å². The molecule has 1 atom stereocenters. The lowest BCUT2D eigenvalue weighted by Gasteiger charge is -2.41. The number of aliphatic hydroxyl groups excluding tert-OH is 1. The van der Waals surface area contributed by atoms with Crippen LogP contribution in [0, 0.1) is 22.9 Å². The van der Waals surface area contributed by atoms with E-state index < -0.39 is 41.6 Å². The number of benzene rings is 2. The fourth-order valence-electron chi connectivity index (χ4n) is 5.48. The van der Waals surface area contributed by atoms with Gasteiger partial charge in [-0.1, -0.05) is 0 Å². The highest BCUT2D eigenvalue weighted by Gasteiger charge is 2.37. The Hall–Kier alpha value is -2.89. The van der Waals surface area contributed by atoms with E-state index in [1.165, 1.54) is 13.3 Å². The van der Waals surface area contributed by atoms with E-state index >= 15 is 0 Å². The van der Waals surface area contributed by atoms with Crippen LogP contribution in [-0.2, 0) is 11.5 Å². The topological polar surface area (TPSA) is 82.9 Å². The minimum Gasteiger partial charge on any atom is -0.497 e. The molecule has 1 fully saturated rings. The third-order valence-corrected chi connectivity index (χ3v) is 8.75. The van der Waals surface area contributed by atoms with Gasteiger partial charge in [0.15, 0.2) is 0 Å². The number of methoxy groups -OCH3 is 1. The fourth-order valence-corrected chi connectivity index (χ4v) is 6.43. The van der Waals surface area contributed by atoms with Crippen molar-refractivity contribution in [2.45, 2.75) is 49.8 Å². The average Bonchev–Trinajstić information content (AvgIpc) is 2.92. The highest BCUT2D eigenvalue weighted by atomic mass is 32.2. The summed E-state index contributed by atoms with van der Waals surface area (Å²) < 4.78 is 60.2. The molecule has 0 saturated carbocycles. The van der Waals surface area contributed by atoms with Gasteiger partial charge < -0.3 is 19.8 Å². The van der Waals surface area contributed by atoms with Crippen LogP contribution >= 0.6 is 11.8 Å². The Bertz CT molecular complexity index is 1320. The molecule has 2 N–H and O–H groups in total. The van der Waals surface area contributed by atoms with Crippen molar-refractivity contribution in [1.82, 2.24) is 9.88 Å². The quantitative estimate of drug-likeness (QED) is 0.192. The second kappa shape index (κ2) is 13.2.